The Kier molecular flexibility index (Phi) is 4.69. The highest BCUT2D eigenvalue weighted by Gasteiger charge is 2.23. The summed E-state index contributed by atoms with van der Waals surface area (Å²) in [7, 11) is 1.66. The summed E-state index contributed by atoms with van der Waals surface area (Å²) in [6.07, 6.45) is 0. The molecule has 108 valence electrons. The maximum Gasteiger partial charge on any atom is 0.119 e. The second kappa shape index (κ2) is 6.30. The van der Waals surface area contributed by atoms with Gasteiger partial charge in [-0.05, 0) is 47.6 Å². The first-order valence-corrected chi connectivity index (χ1v) is 7.28. The molecule has 0 fully saturated rings. The van der Waals surface area contributed by atoms with Crippen LogP contribution in [0.3, 0.4) is 0 Å². The van der Waals surface area contributed by atoms with Gasteiger partial charge in [-0.25, -0.2) is 5.43 Å². The number of ether oxygens (including phenoxy) is 1. The number of rotatable bonds is 5. The van der Waals surface area contributed by atoms with E-state index < -0.39 is 0 Å². The van der Waals surface area contributed by atoms with Gasteiger partial charge < -0.3 is 4.74 Å². The van der Waals surface area contributed by atoms with Crippen LogP contribution in [0.2, 0.25) is 0 Å². The molecule has 3 N–H and O–H groups in total. The first kappa shape index (κ1) is 14.9. The van der Waals surface area contributed by atoms with E-state index in [1.54, 1.807) is 7.11 Å². The quantitative estimate of drug-likeness (QED) is 0.654. The number of nitrogens with two attached hydrogens (primary N) is 1. The van der Waals surface area contributed by atoms with E-state index in [9.17, 15) is 0 Å². The Hall–Kier alpha value is -1.50. The number of hydrogen-bond donors (Lipinski definition) is 2. The molecule has 5 nitrogen and oxygen atoms in total. The first-order chi connectivity index (χ1) is 9.58. The largest absolute Gasteiger partial charge is 0.497 e. The van der Waals surface area contributed by atoms with Crippen LogP contribution in [0, 0.1) is 6.92 Å². The Morgan fingerprint density at radius 2 is 2.10 bits per heavy atom. The van der Waals surface area contributed by atoms with Crippen molar-refractivity contribution in [2.45, 2.75) is 32.7 Å². The second-order valence-corrected chi connectivity index (χ2v) is 5.79. The molecular formula is C14H20N4OS. The molecule has 0 spiro atoms. The van der Waals surface area contributed by atoms with Crippen molar-refractivity contribution in [3.05, 3.63) is 39.9 Å². The monoisotopic (exact) mass is 292 g/mol. The molecule has 6 heteroatoms. The van der Waals surface area contributed by atoms with Crippen LogP contribution in [0.4, 0.5) is 0 Å². The van der Waals surface area contributed by atoms with Crippen LogP contribution in [0.15, 0.2) is 18.2 Å². The molecule has 1 atom stereocenters. The third kappa shape index (κ3) is 2.82. The zero-order valence-electron chi connectivity index (χ0n) is 12.2. The van der Waals surface area contributed by atoms with E-state index in [1.807, 2.05) is 25.1 Å². The van der Waals surface area contributed by atoms with Crippen LogP contribution in [0.5, 0.6) is 5.75 Å². The fraction of sp³-hybridized carbons (Fsp3) is 0.429. The molecule has 0 saturated carbocycles. The van der Waals surface area contributed by atoms with Crippen molar-refractivity contribution in [3.8, 4) is 5.75 Å². The maximum atomic E-state index is 5.77. The summed E-state index contributed by atoms with van der Waals surface area (Å²) in [4.78, 5) is 1.07. The van der Waals surface area contributed by atoms with Gasteiger partial charge in [0.15, 0.2) is 0 Å². The molecule has 1 aromatic carbocycles. The van der Waals surface area contributed by atoms with Gasteiger partial charge in [-0.15, -0.1) is 5.10 Å². The van der Waals surface area contributed by atoms with E-state index in [4.69, 9.17) is 10.6 Å². The Bertz CT molecular complexity index is 582. The average Bonchev–Trinajstić information content (AvgIpc) is 2.90. The van der Waals surface area contributed by atoms with Gasteiger partial charge in [0.1, 0.15) is 5.75 Å². The molecule has 20 heavy (non-hydrogen) atoms. The van der Waals surface area contributed by atoms with Crippen LogP contribution >= 0.6 is 11.5 Å². The van der Waals surface area contributed by atoms with Gasteiger partial charge in [0, 0.05) is 0 Å². The Labute approximate surface area is 123 Å². The van der Waals surface area contributed by atoms with Gasteiger partial charge in [-0.2, -0.15) is 0 Å². The van der Waals surface area contributed by atoms with Crippen LogP contribution in [-0.2, 0) is 0 Å². The third-order valence-electron chi connectivity index (χ3n) is 3.30. The average molecular weight is 292 g/mol. The number of hydrazine groups is 1. The molecule has 2 aromatic rings. The van der Waals surface area contributed by atoms with E-state index in [2.05, 4.69) is 28.9 Å². The minimum Gasteiger partial charge on any atom is -0.497 e. The van der Waals surface area contributed by atoms with Crippen molar-refractivity contribution in [2.75, 3.05) is 7.11 Å². The van der Waals surface area contributed by atoms with Gasteiger partial charge in [-0.1, -0.05) is 24.4 Å². The van der Waals surface area contributed by atoms with Crippen LogP contribution in [0.25, 0.3) is 0 Å². The molecule has 1 heterocycles. The molecule has 0 aliphatic carbocycles. The first-order valence-electron chi connectivity index (χ1n) is 6.51. The molecule has 0 aliphatic heterocycles. The van der Waals surface area contributed by atoms with Gasteiger partial charge in [0.2, 0.25) is 0 Å². The molecule has 1 aromatic heterocycles. The number of benzene rings is 1. The zero-order valence-corrected chi connectivity index (χ0v) is 13.0. The Morgan fingerprint density at radius 3 is 2.65 bits per heavy atom. The fourth-order valence-electron chi connectivity index (χ4n) is 2.21. The smallest absolute Gasteiger partial charge is 0.119 e. The third-order valence-corrected chi connectivity index (χ3v) is 4.11. The molecule has 2 rings (SSSR count). The fourth-order valence-corrected chi connectivity index (χ4v) is 3.10. The SMILES string of the molecule is COc1ccc(C(NN)c2snnc2C(C)C)c(C)c1. The van der Waals surface area contributed by atoms with Crippen LogP contribution in [-0.4, -0.2) is 16.7 Å². The lowest BCUT2D eigenvalue weighted by Gasteiger charge is -2.19. The summed E-state index contributed by atoms with van der Waals surface area (Å²) >= 11 is 1.39. The normalized spacial score (nSPS) is 12.7. The standard InChI is InChI=1S/C14H20N4OS/c1-8(2)12-14(20-18-17-12)13(16-15)11-6-5-10(19-4)7-9(11)3/h5-8,13,16H,15H2,1-4H3. The van der Waals surface area contributed by atoms with Crippen LogP contribution < -0.4 is 16.0 Å². The number of nitrogens with one attached hydrogen (secondary N) is 1. The highest BCUT2D eigenvalue weighted by molar-refractivity contribution is 7.05. The summed E-state index contributed by atoms with van der Waals surface area (Å²) in [5.41, 5.74) is 6.11. The molecule has 0 bridgehead atoms. The molecule has 0 amide bonds. The minimum absolute atomic E-state index is 0.0988. The Morgan fingerprint density at radius 1 is 1.35 bits per heavy atom. The highest BCUT2D eigenvalue weighted by Crippen LogP contribution is 2.32. The van der Waals surface area contributed by atoms with Gasteiger partial charge in [-0.3, -0.25) is 5.84 Å². The number of aryl methyl sites for hydroxylation is 1. The molecule has 0 aliphatic rings. The van der Waals surface area contributed by atoms with Crippen molar-refractivity contribution >= 4 is 11.5 Å². The summed E-state index contributed by atoms with van der Waals surface area (Å²) in [6, 6.07) is 5.88. The number of hydrogen-bond acceptors (Lipinski definition) is 6. The molecular weight excluding hydrogens is 272 g/mol. The van der Waals surface area contributed by atoms with Crippen molar-refractivity contribution < 1.29 is 4.74 Å². The second-order valence-electron chi connectivity index (χ2n) is 5.00. The Balaban J connectivity index is 2.44. The van der Waals surface area contributed by atoms with Crippen molar-refractivity contribution in [1.82, 2.24) is 15.0 Å². The summed E-state index contributed by atoms with van der Waals surface area (Å²) in [5.74, 6) is 6.93. The van der Waals surface area contributed by atoms with E-state index >= 15 is 0 Å². The summed E-state index contributed by atoms with van der Waals surface area (Å²) < 4.78 is 9.31. The number of aromatic nitrogens is 2. The van der Waals surface area contributed by atoms with Crippen LogP contribution in [0.1, 0.15) is 47.5 Å². The van der Waals surface area contributed by atoms with E-state index in [1.165, 1.54) is 11.5 Å². The lowest BCUT2D eigenvalue weighted by atomic mass is 9.97. The van der Waals surface area contributed by atoms with Crippen molar-refractivity contribution in [2.24, 2.45) is 5.84 Å². The van der Waals surface area contributed by atoms with Gasteiger partial charge in [0.05, 0.1) is 23.7 Å². The zero-order chi connectivity index (χ0) is 14.7. The predicted octanol–water partition coefficient (Wildman–Crippen LogP) is 2.53. The minimum atomic E-state index is -0.0988. The van der Waals surface area contributed by atoms with Gasteiger partial charge in [0.25, 0.3) is 0 Å². The molecule has 0 radical (unpaired) electrons. The summed E-state index contributed by atoms with van der Waals surface area (Å²) in [5, 5.41) is 4.22. The summed E-state index contributed by atoms with van der Waals surface area (Å²) in [6.45, 7) is 6.26. The highest BCUT2D eigenvalue weighted by atomic mass is 32.1. The van der Waals surface area contributed by atoms with Crippen molar-refractivity contribution in [1.29, 1.82) is 0 Å². The topological polar surface area (TPSA) is 73.1 Å². The van der Waals surface area contributed by atoms with E-state index in [0.29, 0.717) is 5.92 Å². The lowest BCUT2D eigenvalue weighted by molar-refractivity contribution is 0.414. The molecule has 1 unspecified atom stereocenters. The number of nitrogens with zero attached hydrogens (tertiary/aromatic N) is 2. The number of methoxy groups -OCH3 is 1. The molecule has 0 saturated heterocycles. The van der Waals surface area contributed by atoms with E-state index in [0.717, 1.165) is 27.4 Å². The van der Waals surface area contributed by atoms with E-state index in [-0.39, 0.29) is 6.04 Å². The lowest BCUT2D eigenvalue weighted by Crippen LogP contribution is -2.29. The van der Waals surface area contributed by atoms with Crippen molar-refractivity contribution in [3.63, 3.8) is 0 Å². The maximum absolute atomic E-state index is 5.77. The van der Waals surface area contributed by atoms with Gasteiger partial charge >= 0.3 is 0 Å². The predicted molar refractivity (Wildman–Crippen MR) is 80.9 cm³/mol.